The third-order valence-corrected chi connectivity index (χ3v) is 2.83. The Morgan fingerprint density at radius 2 is 1.95 bits per heavy atom. The second kappa shape index (κ2) is 8.37. The number of benzene rings is 1. The fraction of sp³-hybridized carbons (Fsp3) is 0.429. The fourth-order valence-corrected chi connectivity index (χ4v) is 1.86. The molecule has 0 aliphatic rings. The lowest BCUT2D eigenvalue weighted by Gasteiger charge is -2.10. The van der Waals surface area contributed by atoms with Crippen LogP contribution < -0.4 is 20.2 Å². The van der Waals surface area contributed by atoms with Crippen molar-refractivity contribution in [1.29, 1.82) is 0 Å². The third-order valence-electron chi connectivity index (χ3n) is 2.59. The Balaban J connectivity index is 2.68. The van der Waals surface area contributed by atoms with Gasteiger partial charge in [0, 0.05) is 18.7 Å². The molecule has 6 heteroatoms. The molecule has 0 spiro atoms. The van der Waals surface area contributed by atoms with Gasteiger partial charge in [-0.1, -0.05) is 6.07 Å². The quantitative estimate of drug-likeness (QED) is 0.478. The molecule has 0 aliphatic heterocycles. The number of hydrogen-bond donors (Lipinski definition) is 2. The molecule has 2 N–H and O–H groups in total. The molecular weight excluding hydrogens is 274 g/mol. The van der Waals surface area contributed by atoms with E-state index in [9.17, 15) is 0 Å². The Kier molecular flexibility index (Phi) is 6.79. The number of rotatable bonds is 6. The molecule has 0 radical (unpaired) electrons. The number of nitrogens with one attached hydrogen (secondary N) is 2. The van der Waals surface area contributed by atoms with Crippen molar-refractivity contribution in [2.75, 3.05) is 20.8 Å². The smallest absolute Gasteiger partial charge is 0.186 e. The Hall–Kier alpha value is -1.82. The van der Waals surface area contributed by atoms with Crippen molar-refractivity contribution in [1.82, 2.24) is 10.7 Å². The maximum Gasteiger partial charge on any atom is 0.186 e. The van der Waals surface area contributed by atoms with Gasteiger partial charge in [0.05, 0.1) is 14.2 Å². The van der Waals surface area contributed by atoms with E-state index in [4.69, 9.17) is 21.7 Å². The van der Waals surface area contributed by atoms with E-state index in [0.717, 1.165) is 23.6 Å². The average Bonchev–Trinajstić information content (AvgIpc) is 2.45. The van der Waals surface area contributed by atoms with Gasteiger partial charge >= 0.3 is 0 Å². The van der Waals surface area contributed by atoms with Gasteiger partial charge in [-0.15, -0.1) is 0 Å². The monoisotopic (exact) mass is 295 g/mol. The SMILES string of the molecule is CCNC(=S)N/N=C(/C)Cc1ccc(OC)c(OC)c1. The maximum absolute atomic E-state index is 5.28. The molecule has 110 valence electrons. The van der Waals surface area contributed by atoms with E-state index in [0.29, 0.717) is 17.3 Å². The Bertz CT molecular complexity index is 489. The second-order valence-corrected chi connectivity index (χ2v) is 4.59. The summed E-state index contributed by atoms with van der Waals surface area (Å²) >= 11 is 5.04. The lowest BCUT2D eigenvalue weighted by Crippen LogP contribution is -2.32. The van der Waals surface area contributed by atoms with Gasteiger partial charge in [0.2, 0.25) is 0 Å². The van der Waals surface area contributed by atoms with Gasteiger partial charge in [0.15, 0.2) is 16.6 Å². The Morgan fingerprint density at radius 3 is 2.55 bits per heavy atom. The summed E-state index contributed by atoms with van der Waals surface area (Å²) in [5.41, 5.74) is 4.83. The van der Waals surface area contributed by atoms with E-state index in [1.807, 2.05) is 32.0 Å². The van der Waals surface area contributed by atoms with Gasteiger partial charge in [-0.05, 0) is 43.8 Å². The zero-order valence-corrected chi connectivity index (χ0v) is 13.1. The summed E-state index contributed by atoms with van der Waals surface area (Å²) in [6, 6.07) is 5.82. The Labute approximate surface area is 125 Å². The number of hydrazone groups is 1. The summed E-state index contributed by atoms with van der Waals surface area (Å²) < 4.78 is 10.5. The number of hydrogen-bond acceptors (Lipinski definition) is 4. The van der Waals surface area contributed by atoms with E-state index >= 15 is 0 Å². The number of ether oxygens (including phenoxy) is 2. The summed E-state index contributed by atoms with van der Waals surface area (Å²) in [4.78, 5) is 0. The van der Waals surface area contributed by atoms with Gasteiger partial charge in [-0.25, -0.2) is 0 Å². The van der Waals surface area contributed by atoms with Gasteiger partial charge < -0.3 is 14.8 Å². The predicted molar refractivity (Wildman–Crippen MR) is 85.8 cm³/mol. The molecule has 1 rings (SSSR count). The highest BCUT2D eigenvalue weighted by atomic mass is 32.1. The molecule has 0 unspecified atom stereocenters. The molecule has 5 nitrogen and oxygen atoms in total. The van der Waals surface area contributed by atoms with Crippen molar-refractivity contribution >= 4 is 23.0 Å². The van der Waals surface area contributed by atoms with Crippen LogP contribution in [0.5, 0.6) is 11.5 Å². The molecular formula is C14H21N3O2S. The zero-order valence-electron chi connectivity index (χ0n) is 12.3. The van der Waals surface area contributed by atoms with Crippen molar-refractivity contribution in [3.8, 4) is 11.5 Å². The van der Waals surface area contributed by atoms with Gasteiger partial charge in [0.1, 0.15) is 0 Å². The molecule has 20 heavy (non-hydrogen) atoms. The standard InChI is InChI=1S/C14H21N3O2S/c1-5-15-14(20)17-16-10(2)8-11-6-7-12(18-3)13(9-11)19-4/h6-7,9H,5,8H2,1-4H3,(H2,15,17,20)/b16-10-. The van der Waals surface area contributed by atoms with E-state index in [1.165, 1.54) is 0 Å². The van der Waals surface area contributed by atoms with E-state index in [2.05, 4.69) is 15.8 Å². The molecule has 0 atom stereocenters. The van der Waals surface area contributed by atoms with Crippen molar-refractivity contribution in [2.24, 2.45) is 5.10 Å². The third kappa shape index (κ3) is 5.05. The van der Waals surface area contributed by atoms with Crippen LogP contribution in [0.1, 0.15) is 19.4 Å². The van der Waals surface area contributed by atoms with Crippen molar-refractivity contribution in [2.45, 2.75) is 20.3 Å². The average molecular weight is 295 g/mol. The molecule has 0 saturated heterocycles. The highest BCUT2D eigenvalue weighted by molar-refractivity contribution is 7.80. The zero-order chi connectivity index (χ0) is 15.0. The molecule has 0 bridgehead atoms. The lowest BCUT2D eigenvalue weighted by molar-refractivity contribution is 0.354. The highest BCUT2D eigenvalue weighted by Crippen LogP contribution is 2.27. The first-order chi connectivity index (χ1) is 9.60. The van der Waals surface area contributed by atoms with Crippen molar-refractivity contribution < 1.29 is 9.47 Å². The minimum absolute atomic E-state index is 0.527. The largest absolute Gasteiger partial charge is 0.493 e. The first-order valence-electron chi connectivity index (χ1n) is 6.38. The molecule has 0 aromatic heterocycles. The topological polar surface area (TPSA) is 54.9 Å². The summed E-state index contributed by atoms with van der Waals surface area (Å²) in [5, 5.41) is 7.73. The molecule has 0 amide bonds. The van der Waals surface area contributed by atoms with Crippen molar-refractivity contribution in [3.05, 3.63) is 23.8 Å². The molecule has 0 saturated carbocycles. The van der Waals surface area contributed by atoms with Crippen LogP contribution in [0.25, 0.3) is 0 Å². The minimum Gasteiger partial charge on any atom is -0.493 e. The number of thiocarbonyl (C=S) groups is 1. The highest BCUT2D eigenvalue weighted by Gasteiger charge is 2.05. The van der Waals surface area contributed by atoms with Crippen LogP contribution in [-0.2, 0) is 6.42 Å². The van der Waals surface area contributed by atoms with Crippen LogP contribution in [0.15, 0.2) is 23.3 Å². The number of nitrogens with zero attached hydrogens (tertiary/aromatic N) is 1. The van der Waals surface area contributed by atoms with Crippen LogP contribution in [0, 0.1) is 0 Å². The van der Waals surface area contributed by atoms with Gasteiger partial charge in [-0.2, -0.15) is 5.10 Å². The summed E-state index contributed by atoms with van der Waals surface area (Å²) in [7, 11) is 3.24. The first kappa shape index (κ1) is 16.2. The fourth-order valence-electron chi connectivity index (χ4n) is 1.67. The lowest BCUT2D eigenvalue weighted by atomic mass is 10.1. The van der Waals surface area contributed by atoms with Crippen LogP contribution in [0.2, 0.25) is 0 Å². The minimum atomic E-state index is 0.527. The van der Waals surface area contributed by atoms with Crippen LogP contribution in [-0.4, -0.2) is 31.6 Å². The van der Waals surface area contributed by atoms with Crippen LogP contribution in [0.3, 0.4) is 0 Å². The predicted octanol–water partition coefficient (Wildman–Crippen LogP) is 2.11. The van der Waals surface area contributed by atoms with Crippen LogP contribution >= 0.6 is 12.2 Å². The summed E-state index contributed by atoms with van der Waals surface area (Å²) in [6.45, 7) is 4.70. The number of methoxy groups -OCH3 is 2. The van der Waals surface area contributed by atoms with Crippen molar-refractivity contribution in [3.63, 3.8) is 0 Å². The van der Waals surface area contributed by atoms with Gasteiger partial charge in [-0.3, -0.25) is 5.43 Å². The summed E-state index contributed by atoms with van der Waals surface area (Å²) in [5.74, 6) is 1.44. The van der Waals surface area contributed by atoms with Crippen LogP contribution in [0.4, 0.5) is 0 Å². The van der Waals surface area contributed by atoms with E-state index < -0.39 is 0 Å². The molecule has 0 heterocycles. The first-order valence-corrected chi connectivity index (χ1v) is 6.79. The maximum atomic E-state index is 5.28. The summed E-state index contributed by atoms with van der Waals surface area (Å²) in [6.07, 6.45) is 0.710. The molecule has 1 aromatic carbocycles. The van der Waals surface area contributed by atoms with E-state index in [1.54, 1.807) is 14.2 Å². The molecule has 0 aliphatic carbocycles. The second-order valence-electron chi connectivity index (χ2n) is 4.18. The Morgan fingerprint density at radius 1 is 1.25 bits per heavy atom. The van der Waals surface area contributed by atoms with E-state index in [-0.39, 0.29) is 0 Å². The van der Waals surface area contributed by atoms with Gasteiger partial charge in [0.25, 0.3) is 0 Å². The molecule has 0 fully saturated rings. The molecule has 1 aromatic rings. The normalized spacial score (nSPS) is 10.9.